The van der Waals surface area contributed by atoms with Crippen molar-refractivity contribution in [3.05, 3.63) is 0 Å². The zero-order valence-corrected chi connectivity index (χ0v) is 9.37. The maximum absolute atomic E-state index is 11.4. The van der Waals surface area contributed by atoms with Gasteiger partial charge >= 0.3 is 0 Å². The normalized spacial score (nSPS) is 30.1. The van der Waals surface area contributed by atoms with Gasteiger partial charge in [-0.15, -0.1) is 0 Å². The number of amides is 2. The first-order valence-corrected chi connectivity index (χ1v) is 5.13. The summed E-state index contributed by atoms with van der Waals surface area (Å²) in [6.45, 7) is 3.91. The molecule has 1 aliphatic heterocycles. The smallest absolute Gasteiger partial charge is 0.242 e. The van der Waals surface area contributed by atoms with Gasteiger partial charge in [-0.3, -0.25) is 9.59 Å². The molecule has 0 N–H and O–H groups in total. The van der Waals surface area contributed by atoms with E-state index in [1.54, 1.807) is 22.9 Å². The van der Waals surface area contributed by atoms with Crippen LogP contribution in [0.2, 0.25) is 0 Å². The summed E-state index contributed by atoms with van der Waals surface area (Å²) in [6.07, 6.45) is 1.53. The summed E-state index contributed by atoms with van der Waals surface area (Å²) >= 11 is 1.80. The van der Waals surface area contributed by atoms with E-state index in [9.17, 15) is 9.59 Å². The van der Waals surface area contributed by atoms with E-state index in [1.165, 1.54) is 3.11 Å². The van der Waals surface area contributed by atoms with Gasteiger partial charge in [0.05, 0.1) is 34.7 Å². The predicted molar refractivity (Wildman–Crippen MR) is 53.4 cm³/mol. The third-order valence-electron chi connectivity index (χ3n) is 2.39. The molecule has 12 heavy (non-hydrogen) atoms. The van der Waals surface area contributed by atoms with Crippen LogP contribution in [0.1, 0.15) is 26.7 Å². The van der Waals surface area contributed by atoms with E-state index in [1.807, 2.05) is 13.8 Å². The van der Waals surface area contributed by atoms with E-state index >= 15 is 0 Å². The van der Waals surface area contributed by atoms with E-state index in [2.05, 4.69) is 0 Å². The molecule has 2 unspecified atom stereocenters. The molecule has 3 nitrogen and oxygen atoms in total. The minimum Gasteiger partial charge on any atom is -0.273 e. The van der Waals surface area contributed by atoms with E-state index in [0.717, 1.165) is 12.8 Å². The lowest BCUT2D eigenvalue weighted by Crippen LogP contribution is -2.19. The second-order valence-electron chi connectivity index (χ2n) is 2.99. The second-order valence-corrected chi connectivity index (χ2v) is 3.95. The molecule has 0 radical (unpaired) electrons. The SMILES string of the molecule is CCC1C(=O)N(I)C(=O)C1CC. The number of carbonyl (C=O) groups is 2. The lowest BCUT2D eigenvalue weighted by atomic mass is 9.91. The second kappa shape index (κ2) is 3.72. The van der Waals surface area contributed by atoms with E-state index in [-0.39, 0.29) is 23.7 Å². The van der Waals surface area contributed by atoms with Gasteiger partial charge in [-0.05, 0) is 12.8 Å². The Balaban J connectivity index is 2.87. The summed E-state index contributed by atoms with van der Waals surface area (Å²) < 4.78 is 1.24. The molecule has 4 heteroatoms. The summed E-state index contributed by atoms with van der Waals surface area (Å²) in [5.41, 5.74) is 0. The van der Waals surface area contributed by atoms with Gasteiger partial charge in [0.2, 0.25) is 11.8 Å². The molecule has 2 atom stereocenters. The Kier molecular flexibility index (Phi) is 3.09. The van der Waals surface area contributed by atoms with Gasteiger partial charge in [0.25, 0.3) is 0 Å². The first kappa shape index (κ1) is 9.95. The first-order chi connectivity index (χ1) is 5.63. The highest BCUT2D eigenvalue weighted by Gasteiger charge is 2.44. The summed E-state index contributed by atoms with van der Waals surface area (Å²) in [5.74, 6) is -0.177. The van der Waals surface area contributed by atoms with E-state index in [0.29, 0.717) is 0 Å². The highest BCUT2D eigenvalue weighted by Crippen LogP contribution is 2.32. The Morgan fingerprint density at radius 2 is 1.50 bits per heavy atom. The monoisotopic (exact) mass is 281 g/mol. The van der Waals surface area contributed by atoms with Crippen LogP contribution in [-0.2, 0) is 9.59 Å². The van der Waals surface area contributed by atoms with Crippen LogP contribution in [0.4, 0.5) is 0 Å². The third kappa shape index (κ3) is 1.36. The molecule has 1 saturated heterocycles. The zero-order valence-electron chi connectivity index (χ0n) is 7.21. The Bertz CT molecular complexity index is 195. The summed E-state index contributed by atoms with van der Waals surface area (Å²) in [6, 6.07) is 0. The molecular formula is C8H12INO2. The standard InChI is InChI=1S/C8H12INO2/c1-3-5-6(4-2)8(12)10(9)7(5)11/h5-6H,3-4H2,1-2H3. The Morgan fingerprint density at radius 1 is 1.17 bits per heavy atom. The van der Waals surface area contributed by atoms with Gasteiger partial charge in [-0.1, -0.05) is 13.8 Å². The van der Waals surface area contributed by atoms with Gasteiger partial charge in [0.15, 0.2) is 0 Å². The highest BCUT2D eigenvalue weighted by atomic mass is 127. The molecule has 0 bridgehead atoms. The first-order valence-electron chi connectivity index (χ1n) is 4.17. The van der Waals surface area contributed by atoms with Crippen molar-refractivity contribution in [3.63, 3.8) is 0 Å². The molecule has 1 fully saturated rings. The Hall–Kier alpha value is -0.130. The summed E-state index contributed by atoms with van der Waals surface area (Å²) in [4.78, 5) is 22.8. The molecule has 1 heterocycles. The number of rotatable bonds is 2. The van der Waals surface area contributed by atoms with Gasteiger partial charge < -0.3 is 0 Å². The van der Waals surface area contributed by atoms with Crippen molar-refractivity contribution in [2.24, 2.45) is 11.8 Å². The minimum absolute atomic E-state index is 0.0186. The van der Waals surface area contributed by atoms with Crippen LogP contribution in [0.15, 0.2) is 0 Å². The zero-order chi connectivity index (χ0) is 9.30. The van der Waals surface area contributed by atoms with Crippen molar-refractivity contribution in [1.82, 2.24) is 3.11 Å². The van der Waals surface area contributed by atoms with E-state index < -0.39 is 0 Å². The molecule has 0 saturated carbocycles. The van der Waals surface area contributed by atoms with Crippen LogP contribution in [-0.4, -0.2) is 14.9 Å². The average molecular weight is 281 g/mol. The van der Waals surface area contributed by atoms with Crippen LogP contribution in [0, 0.1) is 11.8 Å². The fraction of sp³-hybridized carbons (Fsp3) is 0.750. The number of imide groups is 1. The molecule has 68 valence electrons. The van der Waals surface area contributed by atoms with Crippen molar-refractivity contribution < 1.29 is 9.59 Å². The fourth-order valence-corrected chi connectivity index (χ4v) is 2.38. The maximum atomic E-state index is 11.4. The molecule has 0 aromatic rings. The van der Waals surface area contributed by atoms with Crippen LogP contribution < -0.4 is 0 Å². The van der Waals surface area contributed by atoms with Crippen molar-refractivity contribution in [1.29, 1.82) is 0 Å². The molecule has 2 amide bonds. The highest BCUT2D eigenvalue weighted by molar-refractivity contribution is 14.1. The number of carbonyl (C=O) groups excluding carboxylic acids is 2. The van der Waals surface area contributed by atoms with Crippen LogP contribution >= 0.6 is 22.9 Å². The fourth-order valence-electron chi connectivity index (χ4n) is 1.66. The van der Waals surface area contributed by atoms with Crippen molar-refractivity contribution in [2.75, 3.05) is 0 Å². The van der Waals surface area contributed by atoms with Crippen LogP contribution in [0.5, 0.6) is 0 Å². The maximum Gasteiger partial charge on any atom is 0.242 e. The average Bonchev–Trinajstić information content (AvgIpc) is 2.29. The van der Waals surface area contributed by atoms with Crippen molar-refractivity contribution in [2.45, 2.75) is 26.7 Å². The number of hydrogen-bond acceptors (Lipinski definition) is 2. The molecular weight excluding hydrogens is 269 g/mol. The number of halogens is 1. The number of hydrogen-bond donors (Lipinski definition) is 0. The van der Waals surface area contributed by atoms with Crippen LogP contribution in [0.25, 0.3) is 0 Å². The Morgan fingerprint density at radius 3 is 1.75 bits per heavy atom. The predicted octanol–water partition coefficient (Wildman–Crippen LogP) is 1.76. The number of nitrogens with zero attached hydrogens (tertiary/aromatic N) is 1. The summed E-state index contributed by atoms with van der Waals surface area (Å²) in [7, 11) is 0. The van der Waals surface area contributed by atoms with Gasteiger partial charge in [0.1, 0.15) is 0 Å². The Labute approximate surface area is 86.0 Å². The lowest BCUT2D eigenvalue weighted by Gasteiger charge is -2.08. The molecule has 1 rings (SSSR count). The molecule has 0 aromatic carbocycles. The third-order valence-corrected chi connectivity index (χ3v) is 3.34. The topological polar surface area (TPSA) is 37.4 Å². The van der Waals surface area contributed by atoms with Gasteiger partial charge in [-0.25, -0.2) is 3.11 Å². The molecule has 1 aliphatic rings. The molecule has 0 spiro atoms. The molecule has 0 aromatic heterocycles. The largest absolute Gasteiger partial charge is 0.273 e. The quantitative estimate of drug-likeness (QED) is 0.439. The van der Waals surface area contributed by atoms with E-state index in [4.69, 9.17) is 0 Å². The van der Waals surface area contributed by atoms with Crippen molar-refractivity contribution >= 4 is 34.7 Å². The van der Waals surface area contributed by atoms with Crippen molar-refractivity contribution in [3.8, 4) is 0 Å². The minimum atomic E-state index is -0.0700. The summed E-state index contributed by atoms with van der Waals surface area (Å²) in [5, 5.41) is 0. The lowest BCUT2D eigenvalue weighted by molar-refractivity contribution is -0.132. The molecule has 0 aliphatic carbocycles. The van der Waals surface area contributed by atoms with Gasteiger partial charge in [0, 0.05) is 0 Å². The van der Waals surface area contributed by atoms with Crippen LogP contribution in [0.3, 0.4) is 0 Å². The van der Waals surface area contributed by atoms with Gasteiger partial charge in [-0.2, -0.15) is 0 Å².